The van der Waals surface area contributed by atoms with E-state index in [0.717, 1.165) is 20.7 Å². The van der Waals surface area contributed by atoms with E-state index in [4.69, 9.17) is 16.7 Å². The maximum atomic E-state index is 10.8. The zero-order chi connectivity index (χ0) is 18.0. The maximum absolute atomic E-state index is 10.8. The van der Waals surface area contributed by atoms with Crippen LogP contribution >= 0.6 is 34.3 Å². The number of aromatic nitrogens is 2. The molecule has 3 rings (SSSR count). The minimum absolute atomic E-state index is 0.185. The molecular formula is C16H17ClN4O2S2. The molecule has 9 heteroatoms. The number of hydrogen-bond acceptors (Lipinski definition) is 6. The first-order chi connectivity index (χ1) is 11.9. The first-order valence-electron chi connectivity index (χ1n) is 7.65. The fourth-order valence-electron chi connectivity index (χ4n) is 2.54. The van der Waals surface area contributed by atoms with Crippen LogP contribution in [-0.2, 0) is 13.0 Å². The molecule has 0 aliphatic carbocycles. The lowest BCUT2D eigenvalue weighted by Gasteiger charge is -2.10. The molecule has 3 heterocycles. The van der Waals surface area contributed by atoms with Crippen molar-refractivity contribution in [2.75, 3.05) is 5.32 Å². The minimum atomic E-state index is -1.02. The number of fused-ring (bicyclic) bond motifs is 1. The van der Waals surface area contributed by atoms with Gasteiger partial charge in [-0.1, -0.05) is 6.07 Å². The molecular weight excluding hydrogens is 380 g/mol. The van der Waals surface area contributed by atoms with Gasteiger partial charge in [0, 0.05) is 22.2 Å². The Labute approximate surface area is 157 Å². The predicted octanol–water partition coefficient (Wildman–Crippen LogP) is 4.53. The van der Waals surface area contributed by atoms with E-state index >= 15 is 0 Å². The third-order valence-corrected chi connectivity index (χ3v) is 6.06. The van der Waals surface area contributed by atoms with Crippen LogP contribution in [0.1, 0.15) is 22.2 Å². The number of nitrogens with one attached hydrogen (secondary N) is 2. The van der Waals surface area contributed by atoms with Gasteiger partial charge in [0.15, 0.2) is 0 Å². The SMILES string of the molecule is Cc1c(CC(C)NC(=O)O)sc2c(NCc3cccs3)nc(Cl)nc12. The van der Waals surface area contributed by atoms with Gasteiger partial charge < -0.3 is 15.7 Å². The van der Waals surface area contributed by atoms with E-state index in [0.29, 0.717) is 18.8 Å². The highest BCUT2D eigenvalue weighted by molar-refractivity contribution is 7.19. The fourth-order valence-corrected chi connectivity index (χ4v) is 4.70. The molecule has 0 aliphatic rings. The average molecular weight is 397 g/mol. The third kappa shape index (κ3) is 4.20. The predicted molar refractivity (Wildman–Crippen MR) is 103 cm³/mol. The summed E-state index contributed by atoms with van der Waals surface area (Å²) in [5.74, 6) is 0.710. The number of rotatable bonds is 6. The molecule has 3 N–H and O–H groups in total. The number of carbonyl (C=O) groups is 1. The first kappa shape index (κ1) is 17.9. The summed E-state index contributed by atoms with van der Waals surface area (Å²) < 4.78 is 0.941. The van der Waals surface area contributed by atoms with E-state index in [2.05, 4.69) is 26.7 Å². The molecule has 6 nitrogen and oxygen atoms in total. The van der Waals surface area contributed by atoms with E-state index in [1.807, 2.05) is 25.3 Å². The molecule has 0 spiro atoms. The van der Waals surface area contributed by atoms with Crippen LogP contribution in [0.5, 0.6) is 0 Å². The molecule has 132 valence electrons. The van der Waals surface area contributed by atoms with Gasteiger partial charge in [-0.3, -0.25) is 0 Å². The average Bonchev–Trinajstić information content (AvgIpc) is 3.14. The number of aryl methyl sites for hydroxylation is 1. The Morgan fingerprint density at radius 2 is 2.24 bits per heavy atom. The number of halogens is 1. The van der Waals surface area contributed by atoms with Crippen LogP contribution in [0.3, 0.4) is 0 Å². The molecule has 3 aromatic heterocycles. The van der Waals surface area contributed by atoms with Crippen LogP contribution in [0.4, 0.5) is 10.6 Å². The molecule has 1 unspecified atom stereocenters. The Morgan fingerprint density at radius 3 is 2.92 bits per heavy atom. The number of anilines is 1. The summed E-state index contributed by atoms with van der Waals surface area (Å²) >= 11 is 9.35. The van der Waals surface area contributed by atoms with Gasteiger partial charge in [-0.15, -0.1) is 22.7 Å². The van der Waals surface area contributed by atoms with Crippen molar-refractivity contribution in [3.8, 4) is 0 Å². The topological polar surface area (TPSA) is 87.1 Å². The van der Waals surface area contributed by atoms with Crippen molar-refractivity contribution in [1.82, 2.24) is 15.3 Å². The molecule has 25 heavy (non-hydrogen) atoms. The monoisotopic (exact) mass is 396 g/mol. The largest absolute Gasteiger partial charge is 0.465 e. The van der Waals surface area contributed by atoms with Crippen molar-refractivity contribution < 1.29 is 9.90 Å². The number of amides is 1. The van der Waals surface area contributed by atoms with Gasteiger partial charge in [0.2, 0.25) is 5.28 Å². The molecule has 0 fully saturated rings. The molecule has 0 aromatic carbocycles. The van der Waals surface area contributed by atoms with Gasteiger partial charge in [-0.2, -0.15) is 4.98 Å². The van der Waals surface area contributed by atoms with Gasteiger partial charge >= 0.3 is 6.09 Å². The first-order valence-corrected chi connectivity index (χ1v) is 9.72. The maximum Gasteiger partial charge on any atom is 0.404 e. The molecule has 3 aromatic rings. The third-order valence-electron chi connectivity index (χ3n) is 3.71. The van der Waals surface area contributed by atoms with Crippen LogP contribution in [0.25, 0.3) is 10.2 Å². The van der Waals surface area contributed by atoms with E-state index in [1.165, 1.54) is 4.88 Å². The van der Waals surface area contributed by atoms with Gasteiger partial charge in [0.1, 0.15) is 5.82 Å². The van der Waals surface area contributed by atoms with E-state index in [9.17, 15) is 4.79 Å². The summed E-state index contributed by atoms with van der Waals surface area (Å²) in [6, 6.07) is 3.88. The van der Waals surface area contributed by atoms with Crippen molar-refractivity contribution in [3.63, 3.8) is 0 Å². The lowest BCUT2D eigenvalue weighted by molar-refractivity contribution is 0.191. The molecule has 1 atom stereocenters. The Balaban J connectivity index is 1.90. The highest BCUT2D eigenvalue weighted by Crippen LogP contribution is 2.35. The summed E-state index contributed by atoms with van der Waals surface area (Å²) in [6.07, 6.45) is -0.423. The zero-order valence-corrected chi connectivity index (χ0v) is 16.1. The molecule has 0 saturated carbocycles. The van der Waals surface area contributed by atoms with Gasteiger partial charge in [-0.25, -0.2) is 9.78 Å². The van der Waals surface area contributed by atoms with Crippen molar-refractivity contribution in [3.05, 3.63) is 38.1 Å². The Hall–Kier alpha value is -1.90. The summed E-state index contributed by atoms with van der Waals surface area (Å²) in [7, 11) is 0. The molecule has 0 saturated heterocycles. The van der Waals surface area contributed by atoms with Crippen LogP contribution in [0.2, 0.25) is 5.28 Å². The fraction of sp³-hybridized carbons (Fsp3) is 0.312. The van der Waals surface area contributed by atoms with E-state index in [1.54, 1.807) is 22.7 Å². The molecule has 0 bridgehead atoms. The van der Waals surface area contributed by atoms with Crippen molar-refractivity contribution in [2.45, 2.75) is 32.9 Å². The standard InChI is InChI=1S/C16H17ClN4O2S2/c1-8(19-16(22)23)6-11-9(2)12-13(25-11)14(21-15(17)20-12)18-7-10-4-3-5-24-10/h3-5,8,19H,6-7H2,1-2H3,(H,22,23)(H,18,20,21). The van der Waals surface area contributed by atoms with Crippen LogP contribution in [0, 0.1) is 6.92 Å². The normalized spacial score (nSPS) is 12.3. The number of thiophene rings is 2. The quantitative estimate of drug-likeness (QED) is 0.533. The van der Waals surface area contributed by atoms with Crippen molar-refractivity contribution in [1.29, 1.82) is 0 Å². The van der Waals surface area contributed by atoms with Crippen molar-refractivity contribution in [2.24, 2.45) is 0 Å². The second kappa shape index (κ2) is 7.55. The van der Waals surface area contributed by atoms with Gasteiger partial charge in [-0.05, 0) is 42.5 Å². The molecule has 1 amide bonds. The van der Waals surface area contributed by atoms with Crippen LogP contribution in [-0.4, -0.2) is 27.2 Å². The summed E-state index contributed by atoms with van der Waals surface area (Å²) in [5.41, 5.74) is 1.83. The van der Waals surface area contributed by atoms with E-state index in [-0.39, 0.29) is 11.3 Å². The second-order valence-electron chi connectivity index (χ2n) is 5.66. The summed E-state index contributed by atoms with van der Waals surface area (Å²) in [6.45, 7) is 4.49. The number of nitrogens with zero attached hydrogens (tertiary/aromatic N) is 2. The minimum Gasteiger partial charge on any atom is -0.465 e. The van der Waals surface area contributed by atoms with Crippen LogP contribution < -0.4 is 10.6 Å². The van der Waals surface area contributed by atoms with Gasteiger partial charge in [0.05, 0.1) is 16.8 Å². The molecule has 0 aliphatic heterocycles. The highest BCUT2D eigenvalue weighted by atomic mass is 35.5. The van der Waals surface area contributed by atoms with E-state index < -0.39 is 6.09 Å². The summed E-state index contributed by atoms with van der Waals surface area (Å²) in [4.78, 5) is 21.8. The Kier molecular flexibility index (Phi) is 5.41. The Bertz CT molecular complexity index is 895. The lowest BCUT2D eigenvalue weighted by atomic mass is 10.1. The van der Waals surface area contributed by atoms with Gasteiger partial charge in [0.25, 0.3) is 0 Å². The lowest BCUT2D eigenvalue weighted by Crippen LogP contribution is -2.32. The zero-order valence-electron chi connectivity index (χ0n) is 13.7. The smallest absolute Gasteiger partial charge is 0.404 e. The molecule has 0 radical (unpaired) electrons. The highest BCUT2D eigenvalue weighted by Gasteiger charge is 2.18. The Morgan fingerprint density at radius 1 is 1.44 bits per heavy atom. The van der Waals surface area contributed by atoms with Crippen molar-refractivity contribution >= 4 is 56.4 Å². The summed E-state index contributed by atoms with van der Waals surface area (Å²) in [5, 5.41) is 16.9. The number of hydrogen-bond donors (Lipinski definition) is 3. The van der Waals surface area contributed by atoms with Crippen LogP contribution in [0.15, 0.2) is 17.5 Å². The number of carboxylic acid groups (broad SMARTS) is 1. The second-order valence-corrected chi connectivity index (χ2v) is 8.13.